The van der Waals surface area contributed by atoms with Crippen molar-refractivity contribution < 1.29 is 23.1 Å². The lowest BCUT2D eigenvalue weighted by Crippen LogP contribution is -2.45. The van der Waals surface area contributed by atoms with Gasteiger partial charge in [-0.25, -0.2) is 13.2 Å². The zero-order valence-corrected chi connectivity index (χ0v) is 12.8. The van der Waals surface area contributed by atoms with Crippen molar-refractivity contribution in [2.45, 2.75) is 31.6 Å². The molecule has 1 aromatic carbocycles. The second kappa shape index (κ2) is 7.21. The van der Waals surface area contributed by atoms with E-state index in [1.165, 1.54) is 13.8 Å². The fraction of sp³-hybridized carbons (Fsp3) is 0.429. The normalized spacial score (nSPS) is 12.9. The minimum absolute atomic E-state index is 0.101. The second-order valence-corrected chi connectivity index (χ2v) is 7.56. The number of rotatable bonds is 7. The lowest BCUT2D eigenvalue weighted by molar-refractivity contribution is -0.141. The summed E-state index contributed by atoms with van der Waals surface area (Å²) in [5.74, 6) is -2.70. The molecular formula is C14H19NO5S. The Kier molecular flexibility index (Phi) is 5.90. The molecule has 0 unspecified atom stereocenters. The van der Waals surface area contributed by atoms with Crippen molar-refractivity contribution in [3.63, 3.8) is 0 Å². The fourth-order valence-electron chi connectivity index (χ4n) is 1.64. The maximum Gasteiger partial charge on any atom is 0.326 e. The highest BCUT2D eigenvalue weighted by molar-refractivity contribution is 7.92. The largest absolute Gasteiger partial charge is 0.480 e. The van der Waals surface area contributed by atoms with E-state index < -0.39 is 38.8 Å². The number of sulfone groups is 1. The average Bonchev–Trinajstić information content (AvgIpc) is 2.38. The number of carbonyl (C=O) groups excluding carboxylic acids is 1. The maximum atomic E-state index is 11.7. The van der Waals surface area contributed by atoms with E-state index in [1.807, 2.05) is 0 Å². The van der Waals surface area contributed by atoms with Gasteiger partial charge in [0.25, 0.3) is 0 Å². The molecule has 0 radical (unpaired) electrons. The van der Waals surface area contributed by atoms with Gasteiger partial charge in [0.05, 0.1) is 5.25 Å². The molecule has 1 aromatic rings. The monoisotopic (exact) mass is 313 g/mol. The first-order valence-corrected chi connectivity index (χ1v) is 8.21. The van der Waals surface area contributed by atoms with Crippen LogP contribution in [0.3, 0.4) is 0 Å². The molecule has 116 valence electrons. The lowest BCUT2D eigenvalue weighted by atomic mass is 10.1. The van der Waals surface area contributed by atoms with Crippen molar-refractivity contribution in [1.29, 1.82) is 0 Å². The molecule has 7 heteroatoms. The molecule has 0 aliphatic carbocycles. The quantitative estimate of drug-likeness (QED) is 0.768. The van der Waals surface area contributed by atoms with E-state index in [0.717, 1.165) is 5.56 Å². The van der Waals surface area contributed by atoms with Crippen molar-refractivity contribution in [3.8, 4) is 0 Å². The van der Waals surface area contributed by atoms with E-state index in [-0.39, 0.29) is 6.42 Å². The topological polar surface area (TPSA) is 101 Å². The van der Waals surface area contributed by atoms with Gasteiger partial charge < -0.3 is 10.4 Å². The molecule has 0 saturated carbocycles. The zero-order chi connectivity index (χ0) is 16.0. The first kappa shape index (κ1) is 17.2. The van der Waals surface area contributed by atoms with E-state index in [1.54, 1.807) is 30.3 Å². The Hall–Kier alpha value is -1.89. The molecule has 0 aliphatic heterocycles. The van der Waals surface area contributed by atoms with Crippen LogP contribution >= 0.6 is 0 Å². The molecule has 1 atom stereocenters. The van der Waals surface area contributed by atoms with Crippen LogP contribution in [0, 0.1) is 0 Å². The Morgan fingerprint density at radius 1 is 1.19 bits per heavy atom. The van der Waals surface area contributed by atoms with Gasteiger partial charge in [-0.3, -0.25) is 4.79 Å². The lowest BCUT2D eigenvalue weighted by Gasteiger charge is -2.15. The van der Waals surface area contributed by atoms with Crippen LogP contribution in [0.2, 0.25) is 0 Å². The van der Waals surface area contributed by atoms with Crippen LogP contribution in [-0.2, 0) is 25.8 Å². The summed E-state index contributed by atoms with van der Waals surface area (Å²) in [6.45, 7) is 2.95. The number of carboxylic acid groups (broad SMARTS) is 1. The first-order valence-electron chi connectivity index (χ1n) is 6.50. The molecule has 0 aromatic heterocycles. The molecule has 0 saturated heterocycles. The highest BCUT2D eigenvalue weighted by atomic mass is 32.2. The minimum Gasteiger partial charge on any atom is -0.480 e. The number of hydrogen-bond donors (Lipinski definition) is 2. The third-order valence-electron chi connectivity index (χ3n) is 2.97. The summed E-state index contributed by atoms with van der Waals surface area (Å²) in [6.07, 6.45) is 0.101. The molecule has 2 N–H and O–H groups in total. The fourth-order valence-corrected chi connectivity index (χ4v) is 2.42. The smallest absolute Gasteiger partial charge is 0.326 e. The Morgan fingerprint density at radius 3 is 2.24 bits per heavy atom. The average molecular weight is 313 g/mol. The Bertz CT molecular complexity index is 595. The number of amides is 1. The van der Waals surface area contributed by atoms with Gasteiger partial charge in [0.1, 0.15) is 11.8 Å². The standard InChI is InChI=1S/C14H19NO5S/c1-10(2)21(19,20)9-13(16)15-12(14(17)18)8-11-6-4-3-5-7-11/h3-7,10,12H,8-9H2,1-2H3,(H,15,16)(H,17,18)/t12-/m0/s1. The summed E-state index contributed by atoms with van der Waals surface area (Å²) in [5.41, 5.74) is 0.747. The number of hydrogen-bond acceptors (Lipinski definition) is 4. The van der Waals surface area contributed by atoms with Crippen molar-refractivity contribution in [2.24, 2.45) is 0 Å². The summed E-state index contributed by atoms with van der Waals surface area (Å²) in [6, 6.07) is 7.66. The maximum absolute atomic E-state index is 11.7. The van der Waals surface area contributed by atoms with Crippen molar-refractivity contribution in [1.82, 2.24) is 5.32 Å². The van der Waals surface area contributed by atoms with Crippen LogP contribution in [-0.4, -0.2) is 42.4 Å². The van der Waals surface area contributed by atoms with Crippen molar-refractivity contribution in [2.75, 3.05) is 5.75 Å². The Morgan fingerprint density at radius 2 is 1.76 bits per heavy atom. The number of aliphatic carboxylic acids is 1. The van der Waals surface area contributed by atoms with Gasteiger partial charge in [-0.1, -0.05) is 30.3 Å². The van der Waals surface area contributed by atoms with Gasteiger partial charge in [-0.15, -0.1) is 0 Å². The number of carbonyl (C=O) groups is 2. The number of nitrogens with one attached hydrogen (secondary N) is 1. The SMILES string of the molecule is CC(C)S(=O)(=O)CC(=O)N[C@@H](Cc1ccccc1)C(=O)O. The van der Waals surface area contributed by atoms with E-state index in [4.69, 9.17) is 5.11 Å². The minimum atomic E-state index is -3.55. The van der Waals surface area contributed by atoms with Crippen LogP contribution < -0.4 is 5.32 Å². The summed E-state index contributed by atoms with van der Waals surface area (Å²) >= 11 is 0. The summed E-state index contributed by atoms with van der Waals surface area (Å²) in [7, 11) is -3.55. The van der Waals surface area contributed by atoms with Gasteiger partial charge in [0, 0.05) is 6.42 Å². The highest BCUT2D eigenvalue weighted by Gasteiger charge is 2.25. The molecule has 0 aliphatic rings. The molecule has 1 rings (SSSR count). The summed E-state index contributed by atoms with van der Waals surface area (Å²) in [4.78, 5) is 22.9. The van der Waals surface area contributed by atoms with Crippen LogP contribution in [0.25, 0.3) is 0 Å². The third kappa shape index (κ3) is 5.55. The van der Waals surface area contributed by atoms with Gasteiger partial charge >= 0.3 is 5.97 Å². The number of carboxylic acids is 1. The molecule has 0 fully saturated rings. The molecule has 0 spiro atoms. The van der Waals surface area contributed by atoms with E-state index >= 15 is 0 Å². The van der Waals surface area contributed by atoms with Crippen molar-refractivity contribution in [3.05, 3.63) is 35.9 Å². The molecule has 21 heavy (non-hydrogen) atoms. The van der Waals surface area contributed by atoms with Gasteiger partial charge in [-0.2, -0.15) is 0 Å². The predicted octanol–water partition coefficient (Wildman–Crippen LogP) is 0.622. The summed E-state index contributed by atoms with van der Waals surface area (Å²) < 4.78 is 23.3. The van der Waals surface area contributed by atoms with Gasteiger partial charge in [0.2, 0.25) is 5.91 Å². The molecule has 0 heterocycles. The van der Waals surface area contributed by atoms with Crippen LogP contribution in [0.5, 0.6) is 0 Å². The molecule has 1 amide bonds. The third-order valence-corrected chi connectivity index (χ3v) is 5.07. The second-order valence-electron chi connectivity index (χ2n) is 5.00. The Balaban J connectivity index is 2.71. The molecular weight excluding hydrogens is 294 g/mol. The first-order chi connectivity index (χ1) is 9.72. The van der Waals surface area contributed by atoms with Crippen LogP contribution in [0.15, 0.2) is 30.3 Å². The van der Waals surface area contributed by atoms with Gasteiger partial charge in [0.15, 0.2) is 9.84 Å². The molecule has 6 nitrogen and oxygen atoms in total. The molecule has 0 bridgehead atoms. The van der Waals surface area contributed by atoms with E-state index in [2.05, 4.69) is 5.32 Å². The highest BCUT2D eigenvalue weighted by Crippen LogP contribution is 2.05. The Labute approximate surface area is 124 Å². The zero-order valence-electron chi connectivity index (χ0n) is 11.9. The van der Waals surface area contributed by atoms with E-state index in [0.29, 0.717) is 0 Å². The van der Waals surface area contributed by atoms with E-state index in [9.17, 15) is 18.0 Å². The van der Waals surface area contributed by atoms with Crippen molar-refractivity contribution >= 4 is 21.7 Å². The van der Waals surface area contributed by atoms with Crippen LogP contribution in [0.1, 0.15) is 19.4 Å². The number of benzene rings is 1. The van der Waals surface area contributed by atoms with Gasteiger partial charge in [-0.05, 0) is 19.4 Å². The summed E-state index contributed by atoms with van der Waals surface area (Å²) in [5, 5.41) is 10.7. The van der Waals surface area contributed by atoms with Crippen LogP contribution in [0.4, 0.5) is 0 Å². The predicted molar refractivity (Wildman–Crippen MR) is 78.6 cm³/mol.